The SMILES string of the molecule is NC(Cn1c(=O)c2c(n(Cc3c(F)cccc3C(F)(F)F)c1=O)COC21CCN(Cc2cccc3ccsc23)CC1)c1ccccc1. The number of piperidine rings is 1. The molecule has 0 saturated carbocycles. The molecule has 0 bridgehead atoms. The molecule has 2 aromatic heterocycles. The summed E-state index contributed by atoms with van der Waals surface area (Å²) in [7, 11) is 0. The van der Waals surface area contributed by atoms with Crippen molar-refractivity contribution in [1.82, 2.24) is 14.0 Å². The van der Waals surface area contributed by atoms with Gasteiger partial charge in [0.2, 0.25) is 0 Å². The van der Waals surface area contributed by atoms with E-state index in [9.17, 15) is 22.8 Å². The van der Waals surface area contributed by atoms with Crippen molar-refractivity contribution in [2.45, 2.75) is 56.9 Å². The van der Waals surface area contributed by atoms with Gasteiger partial charge in [-0.25, -0.2) is 9.18 Å². The molecule has 1 fully saturated rings. The lowest BCUT2D eigenvalue weighted by Gasteiger charge is -2.39. The normalized spacial score (nSPS) is 17.0. The molecule has 1 unspecified atom stereocenters. The van der Waals surface area contributed by atoms with E-state index in [1.54, 1.807) is 35.6 Å². The topological polar surface area (TPSA) is 82.5 Å². The number of hydrogen-bond acceptors (Lipinski definition) is 6. The minimum Gasteiger partial charge on any atom is -0.364 e. The van der Waals surface area contributed by atoms with Crippen molar-refractivity contribution in [3.8, 4) is 0 Å². The molecule has 4 heterocycles. The minimum absolute atomic E-state index is 0.157. The van der Waals surface area contributed by atoms with Crippen LogP contribution in [0.1, 0.15) is 52.4 Å². The number of alkyl halides is 3. The number of benzene rings is 3. The fourth-order valence-corrected chi connectivity index (χ4v) is 7.89. The standard InChI is InChI=1S/C35H32F4N4O3S/c36-27-11-5-10-26(35(37,38)39)25(27)19-42-29-21-46-34(13-15-41(16-14-34)18-24-9-4-8-23-12-17-47-31(23)24)30(29)32(44)43(33(42)45)20-28(40)22-6-2-1-3-7-22/h1-12,17,28H,13-16,18-21,40H2. The van der Waals surface area contributed by atoms with Crippen molar-refractivity contribution in [2.24, 2.45) is 5.73 Å². The van der Waals surface area contributed by atoms with Gasteiger partial charge in [-0.2, -0.15) is 13.2 Å². The number of rotatable bonds is 7. The molecule has 2 aliphatic rings. The van der Waals surface area contributed by atoms with Gasteiger partial charge in [0.1, 0.15) is 11.4 Å². The minimum atomic E-state index is -4.85. The van der Waals surface area contributed by atoms with E-state index in [1.807, 2.05) is 12.1 Å². The third-order valence-electron chi connectivity index (χ3n) is 9.44. The number of nitrogens with two attached hydrogens (primary N) is 1. The van der Waals surface area contributed by atoms with E-state index in [-0.39, 0.29) is 24.4 Å². The molecule has 12 heteroatoms. The van der Waals surface area contributed by atoms with Crippen LogP contribution in [0.15, 0.2) is 87.8 Å². The Labute approximate surface area is 271 Å². The number of aromatic nitrogens is 2. The molecule has 7 rings (SSSR count). The van der Waals surface area contributed by atoms with Gasteiger partial charge in [-0.15, -0.1) is 11.3 Å². The van der Waals surface area contributed by atoms with E-state index in [2.05, 4.69) is 28.5 Å². The van der Waals surface area contributed by atoms with Crippen LogP contribution in [0.5, 0.6) is 0 Å². The van der Waals surface area contributed by atoms with Gasteiger partial charge in [0, 0.05) is 35.9 Å². The van der Waals surface area contributed by atoms with Crippen LogP contribution in [-0.2, 0) is 42.8 Å². The molecule has 5 aromatic rings. The van der Waals surface area contributed by atoms with Crippen molar-refractivity contribution in [1.29, 1.82) is 0 Å². The predicted octanol–water partition coefficient (Wildman–Crippen LogP) is 6.15. The van der Waals surface area contributed by atoms with E-state index in [0.29, 0.717) is 38.0 Å². The fourth-order valence-electron chi connectivity index (χ4n) is 6.98. The van der Waals surface area contributed by atoms with Crippen molar-refractivity contribution >= 4 is 21.4 Å². The monoisotopic (exact) mass is 664 g/mol. The number of halogens is 4. The van der Waals surface area contributed by atoms with Crippen LogP contribution >= 0.6 is 11.3 Å². The van der Waals surface area contributed by atoms with Gasteiger partial charge in [-0.1, -0.05) is 54.6 Å². The summed E-state index contributed by atoms with van der Waals surface area (Å²) in [5.41, 5.74) is 4.41. The molecule has 244 valence electrons. The summed E-state index contributed by atoms with van der Waals surface area (Å²) >= 11 is 1.69. The molecule has 0 amide bonds. The van der Waals surface area contributed by atoms with Gasteiger partial charge < -0.3 is 10.5 Å². The highest BCUT2D eigenvalue weighted by atomic mass is 32.1. The maximum absolute atomic E-state index is 15.1. The number of ether oxygens (including phenoxy) is 1. The van der Waals surface area contributed by atoms with Crippen molar-refractivity contribution in [3.05, 3.63) is 138 Å². The number of thiophene rings is 1. The van der Waals surface area contributed by atoms with Crippen LogP contribution < -0.4 is 17.0 Å². The van der Waals surface area contributed by atoms with Crippen molar-refractivity contribution in [3.63, 3.8) is 0 Å². The second-order valence-corrected chi connectivity index (χ2v) is 13.1. The molecule has 0 aliphatic carbocycles. The summed E-state index contributed by atoms with van der Waals surface area (Å²) in [6.07, 6.45) is -3.98. The van der Waals surface area contributed by atoms with Crippen molar-refractivity contribution in [2.75, 3.05) is 13.1 Å². The van der Waals surface area contributed by atoms with E-state index >= 15 is 4.39 Å². The average molecular weight is 665 g/mol. The van der Waals surface area contributed by atoms with Gasteiger partial charge in [0.25, 0.3) is 5.56 Å². The number of fused-ring (bicyclic) bond motifs is 3. The molecule has 3 aromatic carbocycles. The van der Waals surface area contributed by atoms with Gasteiger partial charge >= 0.3 is 11.9 Å². The highest BCUT2D eigenvalue weighted by Crippen LogP contribution is 2.43. The lowest BCUT2D eigenvalue weighted by Crippen LogP contribution is -2.49. The molecule has 2 N–H and O–H groups in total. The zero-order valence-corrected chi connectivity index (χ0v) is 26.1. The Bertz CT molecular complexity index is 2060. The summed E-state index contributed by atoms with van der Waals surface area (Å²) in [6.45, 7) is 0.800. The first-order valence-corrected chi connectivity index (χ1v) is 16.3. The third kappa shape index (κ3) is 5.73. The molecule has 1 atom stereocenters. The average Bonchev–Trinajstić information content (AvgIpc) is 3.69. The Morgan fingerprint density at radius 1 is 0.915 bits per heavy atom. The van der Waals surface area contributed by atoms with Gasteiger partial charge in [-0.05, 0) is 52.9 Å². The molecule has 7 nitrogen and oxygen atoms in total. The van der Waals surface area contributed by atoms with Crippen LogP contribution in [0, 0.1) is 5.82 Å². The van der Waals surface area contributed by atoms with E-state index in [1.165, 1.54) is 15.6 Å². The first kappa shape index (κ1) is 31.5. The lowest BCUT2D eigenvalue weighted by molar-refractivity contribution is -0.138. The Morgan fingerprint density at radius 3 is 2.40 bits per heavy atom. The number of nitrogens with zero attached hydrogens (tertiary/aromatic N) is 3. The summed E-state index contributed by atoms with van der Waals surface area (Å²) in [6, 6.07) is 19.2. The Kier molecular flexibility index (Phi) is 8.15. The van der Waals surface area contributed by atoms with Gasteiger partial charge in [0.05, 0.1) is 36.5 Å². The second kappa shape index (κ2) is 12.2. The smallest absolute Gasteiger partial charge is 0.364 e. The van der Waals surface area contributed by atoms with Crippen LogP contribution in [0.25, 0.3) is 10.1 Å². The second-order valence-electron chi connectivity index (χ2n) is 12.2. The van der Waals surface area contributed by atoms with Crippen LogP contribution in [0.2, 0.25) is 0 Å². The summed E-state index contributed by atoms with van der Waals surface area (Å²) < 4.78 is 66.7. The zero-order chi connectivity index (χ0) is 32.9. The maximum atomic E-state index is 15.1. The number of likely N-dealkylation sites (tertiary alicyclic amines) is 1. The Balaban J connectivity index is 1.28. The largest absolute Gasteiger partial charge is 0.416 e. The maximum Gasteiger partial charge on any atom is 0.416 e. The van der Waals surface area contributed by atoms with Crippen LogP contribution in [0.4, 0.5) is 17.6 Å². The summed E-state index contributed by atoms with van der Waals surface area (Å²) in [5, 5.41) is 3.25. The highest BCUT2D eigenvalue weighted by molar-refractivity contribution is 7.17. The van der Waals surface area contributed by atoms with E-state index in [0.717, 1.165) is 27.3 Å². The Morgan fingerprint density at radius 2 is 1.66 bits per heavy atom. The molecule has 2 aliphatic heterocycles. The summed E-state index contributed by atoms with van der Waals surface area (Å²) in [4.78, 5) is 30.6. The fraction of sp³-hybridized carbons (Fsp3) is 0.314. The van der Waals surface area contributed by atoms with Gasteiger partial charge in [-0.3, -0.25) is 18.8 Å². The zero-order valence-electron chi connectivity index (χ0n) is 25.3. The quantitative estimate of drug-likeness (QED) is 0.211. The van der Waals surface area contributed by atoms with Crippen LogP contribution in [0.3, 0.4) is 0 Å². The molecule has 0 radical (unpaired) electrons. The van der Waals surface area contributed by atoms with Gasteiger partial charge in [0.15, 0.2) is 0 Å². The number of hydrogen-bond donors (Lipinski definition) is 1. The molecule has 1 saturated heterocycles. The van der Waals surface area contributed by atoms with E-state index < -0.39 is 52.6 Å². The summed E-state index contributed by atoms with van der Waals surface area (Å²) in [5.74, 6) is -1.10. The third-order valence-corrected chi connectivity index (χ3v) is 10.4. The van der Waals surface area contributed by atoms with Crippen LogP contribution in [-0.4, -0.2) is 27.1 Å². The Hall–Kier alpha value is -4.10. The molecule has 47 heavy (non-hydrogen) atoms. The molecular weight excluding hydrogens is 632 g/mol. The highest BCUT2D eigenvalue weighted by Gasteiger charge is 2.47. The predicted molar refractivity (Wildman–Crippen MR) is 172 cm³/mol. The molecular formula is C35H32F4N4O3S. The first-order valence-electron chi connectivity index (χ1n) is 15.4. The lowest BCUT2D eigenvalue weighted by atomic mass is 9.85. The molecule has 1 spiro atoms. The van der Waals surface area contributed by atoms with E-state index in [4.69, 9.17) is 10.5 Å². The van der Waals surface area contributed by atoms with Crippen molar-refractivity contribution < 1.29 is 22.3 Å². The first-order chi connectivity index (χ1) is 22.6.